The zero-order valence-corrected chi connectivity index (χ0v) is 9.27. The lowest BCUT2D eigenvalue weighted by Gasteiger charge is -2.17. The molecule has 0 amide bonds. The third-order valence-electron chi connectivity index (χ3n) is 2.13. The van der Waals surface area contributed by atoms with Crippen molar-refractivity contribution < 1.29 is 14.9 Å². The molecule has 4 heteroatoms. The number of hydrogen-bond acceptors (Lipinski definition) is 4. The van der Waals surface area contributed by atoms with Gasteiger partial charge >= 0.3 is 0 Å². The standard InChI is InChI=1S/C11H17NO3/c1-12(2)7-10(14)8-4-5-9(13)11(6-8)15-3/h4-6,10,13-14H,7H2,1-3H3/t10-/m0/s1. The first-order chi connectivity index (χ1) is 7.04. The third-order valence-corrected chi connectivity index (χ3v) is 2.13. The summed E-state index contributed by atoms with van der Waals surface area (Å²) >= 11 is 0. The zero-order chi connectivity index (χ0) is 11.4. The van der Waals surface area contributed by atoms with Gasteiger partial charge in [-0.25, -0.2) is 0 Å². The number of nitrogens with zero attached hydrogens (tertiary/aromatic N) is 1. The molecule has 0 radical (unpaired) electrons. The van der Waals surface area contributed by atoms with E-state index in [-0.39, 0.29) is 5.75 Å². The number of aliphatic hydroxyl groups is 1. The van der Waals surface area contributed by atoms with Crippen LogP contribution in [0.25, 0.3) is 0 Å². The van der Waals surface area contributed by atoms with Crippen LogP contribution in [0.15, 0.2) is 18.2 Å². The van der Waals surface area contributed by atoms with Gasteiger partial charge in [0.15, 0.2) is 11.5 Å². The molecule has 0 saturated carbocycles. The highest BCUT2D eigenvalue weighted by Crippen LogP contribution is 2.28. The summed E-state index contributed by atoms with van der Waals surface area (Å²) in [5.74, 6) is 0.462. The normalized spacial score (nSPS) is 12.9. The van der Waals surface area contributed by atoms with Gasteiger partial charge in [-0.05, 0) is 31.8 Å². The van der Waals surface area contributed by atoms with Crippen LogP contribution in [0.2, 0.25) is 0 Å². The lowest BCUT2D eigenvalue weighted by Crippen LogP contribution is -2.19. The molecule has 2 N–H and O–H groups in total. The van der Waals surface area contributed by atoms with E-state index < -0.39 is 6.10 Å². The maximum Gasteiger partial charge on any atom is 0.160 e. The summed E-state index contributed by atoms with van der Waals surface area (Å²) < 4.78 is 4.97. The van der Waals surface area contributed by atoms with Crippen molar-refractivity contribution in [3.63, 3.8) is 0 Å². The average Bonchev–Trinajstić information content (AvgIpc) is 2.17. The molecular formula is C11H17NO3. The first kappa shape index (κ1) is 11.8. The Morgan fingerprint density at radius 1 is 1.40 bits per heavy atom. The minimum Gasteiger partial charge on any atom is -0.504 e. The van der Waals surface area contributed by atoms with Crippen LogP contribution < -0.4 is 4.74 Å². The number of benzene rings is 1. The van der Waals surface area contributed by atoms with Crippen molar-refractivity contribution in [3.8, 4) is 11.5 Å². The van der Waals surface area contributed by atoms with Crippen molar-refractivity contribution in [2.45, 2.75) is 6.10 Å². The molecule has 0 aliphatic rings. The van der Waals surface area contributed by atoms with Crippen molar-refractivity contribution in [3.05, 3.63) is 23.8 Å². The molecule has 0 fully saturated rings. The third kappa shape index (κ3) is 3.11. The van der Waals surface area contributed by atoms with Crippen LogP contribution >= 0.6 is 0 Å². The van der Waals surface area contributed by atoms with Crippen molar-refractivity contribution >= 4 is 0 Å². The molecule has 0 unspecified atom stereocenters. The molecule has 0 aliphatic carbocycles. The van der Waals surface area contributed by atoms with Gasteiger partial charge in [-0.15, -0.1) is 0 Å². The van der Waals surface area contributed by atoms with Gasteiger partial charge in [0.1, 0.15) is 0 Å². The number of hydrogen-bond donors (Lipinski definition) is 2. The highest BCUT2D eigenvalue weighted by atomic mass is 16.5. The van der Waals surface area contributed by atoms with Gasteiger partial charge < -0.3 is 19.8 Å². The summed E-state index contributed by atoms with van der Waals surface area (Å²) in [5, 5.41) is 19.2. The Balaban J connectivity index is 2.85. The molecule has 0 heterocycles. The highest BCUT2D eigenvalue weighted by Gasteiger charge is 2.11. The Bertz CT molecular complexity index is 326. The van der Waals surface area contributed by atoms with E-state index >= 15 is 0 Å². The quantitative estimate of drug-likeness (QED) is 0.780. The molecule has 1 aromatic rings. The number of rotatable bonds is 4. The van der Waals surface area contributed by atoms with Crippen LogP contribution in [0.3, 0.4) is 0 Å². The Morgan fingerprint density at radius 2 is 2.07 bits per heavy atom. The molecule has 4 nitrogen and oxygen atoms in total. The smallest absolute Gasteiger partial charge is 0.160 e. The Labute approximate surface area is 89.7 Å². The number of ether oxygens (including phenoxy) is 1. The molecule has 0 spiro atoms. The van der Waals surface area contributed by atoms with Crippen LogP contribution in [0, 0.1) is 0 Å². The lowest BCUT2D eigenvalue weighted by molar-refractivity contribution is 0.138. The average molecular weight is 211 g/mol. The summed E-state index contributed by atoms with van der Waals surface area (Å²) in [6.45, 7) is 0.536. The molecule has 0 aliphatic heterocycles. The summed E-state index contributed by atoms with van der Waals surface area (Å²) in [5.41, 5.74) is 0.735. The zero-order valence-electron chi connectivity index (χ0n) is 9.27. The molecule has 1 rings (SSSR count). The first-order valence-electron chi connectivity index (χ1n) is 4.74. The SMILES string of the molecule is COc1cc([C@@H](O)CN(C)C)ccc1O. The highest BCUT2D eigenvalue weighted by molar-refractivity contribution is 5.42. The summed E-state index contributed by atoms with van der Waals surface area (Å²) in [4.78, 5) is 1.89. The molecule has 15 heavy (non-hydrogen) atoms. The number of phenols is 1. The maximum atomic E-state index is 9.82. The van der Waals surface area contributed by atoms with Gasteiger partial charge in [-0.1, -0.05) is 6.07 Å². The fourth-order valence-corrected chi connectivity index (χ4v) is 1.35. The molecule has 0 aromatic heterocycles. The number of aliphatic hydroxyl groups excluding tert-OH is 1. The number of phenolic OH excluding ortho intramolecular Hbond substituents is 1. The Morgan fingerprint density at radius 3 is 2.60 bits per heavy atom. The fourth-order valence-electron chi connectivity index (χ4n) is 1.35. The van der Waals surface area contributed by atoms with Crippen molar-refractivity contribution in [2.24, 2.45) is 0 Å². The van der Waals surface area contributed by atoms with Gasteiger partial charge in [-0.3, -0.25) is 0 Å². The van der Waals surface area contributed by atoms with Gasteiger partial charge in [0, 0.05) is 6.54 Å². The van der Waals surface area contributed by atoms with E-state index in [1.165, 1.54) is 13.2 Å². The van der Waals surface area contributed by atoms with Crippen molar-refractivity contribution in [1.29, 1.82) is 0 Å². The van der Waals surface area contributed by atoms with Gasteiger partial charge in [0.2, 0.25) is 0 Å². The van der Waals surface area contributed by atoms with E-state index in [0.717, 1.165) is 5.56 Å². The largest absolute Gasteiger partial charge is 0.504 e. The predicted molar refractivity (Wildman–Crippen MR) is 58.2 cm³/mol. The second-order valence-electron chi connectivity index (χ2n) is 3.71. The van der Waals surface area contributed by atoms with Gasteiger partial charge in [0.25, 0.3) is 0 Å². The Kier molecular flexibility index (Phi) is 3.94. The van der Waals surface area contributed by atoms with Crippen molar-refractivity contribution in [1.82, 2.24) is 4.90 Å². The van der Waals surface area contributed by atoms with E-state index in [0.29, 0.717) is 12.3 Å². The van der Waals surface area contributed by atoms with E-state index in [1.54, 1.807) is 12.1 Å². The molecule has 0 bridgehead atoms. The van der Waals surface area contributed by atoms with Gasteiger partial charge in [-0.2, -0.15) is 0 Å². The topological polar surface area (TPSA) is 52.9 Å². The van der Waals surface area contributed by atoms with Crippen LogP contribution in [-0.4, -0.2) is 42.9 Å². The predicted octanol–water partition coefficient (Wildman–Crippen LogP) is 0.996. The van der Waals surface area contributed by atoms with Crippen LogP contribution in [-0.2, 0) is 0 Å². The fraction of sp³-hybridized carbons (Fsp3) is 0.455. The summed E-state index contributed by atoms with van der Waals surface area (Å²) in [6.07, 6.45) is -0.575. The Hall–Kier alpha value is -1.26. The maximum absolute atomic E-state index is 9.82. The minimum absolute atomic E-state index is 0.0818. The van der Waals surface area contributed by atoms with E-state index in [1.807, 2.05) is 19.0 Å². The number of aromatic hydroxyl groups is 1. The first-order valence-corrected chi connectivity index (χ1v) is 4.74. The molecule has 1 atom stereocenters. The van der Waals surface area contributed by atoms with Crippen LogP contribution in [0.4, 0.5) is 0 Å². The lowest BCUT2D eigenvalue weighted by atomic mass is 10.1. The monoisotopic (exact) mass is 211 g/mol. The molecule has 1 aromatic carbocycles. The summed E-state index contributed by atoms with van der Waals surface area (Å²) in [6, 6.07) is 4.85. The number of likely N-dealkylation sites (N-methyl/N-ethyl adjacent to an activating group) is 1. The number of methoxy groups -OCH3 is 1. The van der Waals surface area contributed by atoms with E-state index in [9.17, 15) is 10.2 Å². The van der Waals surface area contributed by atoms with Gasteiger partial charge in [0.05, 0.1) is 13.2 Å². The van der Waals surface area contributed by atoms with Crippen molar-refractivity contribution in [2.75, 3.05) is 27.7 Å². The molecule has 84 valence electrons. The second kappa shape index (κ2) is 5.00. The van der Waals surface area contributed by atoms with E-state index in [2.05, 4.69) is 0 Å². The van der Waals surface area contributed by atoms with E-state index in [4.69, 9.17) is 4.74 Å². The van der Waals surface area contributed by atoms with Crippen LogP contribution in [0.1, 0.15) is 11.7 Å². The molecule has 0 saturated heterocycles. The minimum atomic E-state index is -0.575. The van der Waals surface area contributed by atoms with Crippen LogP contribution in [0.5, 0.6) is 11.5 Å². The summed E-state index contributed by atoms with van der Waals surface area (Å²) in [7, 11) is 5.26. The second-order valence-corrected chi connectivity index (χ2v) is 3.71. The molecular weight excluding hydrogens is 194 g/mol.